The highest BCUT2D eigenvalue weighted by Crippen LogP contribution is 2.31. The zero-order chi connectivity index (χ0) is 10.0. The lowest BCUT2D eigenvalue weighted by Gasteiger charge is -2.26. The van der Waals surface area contributed by atoms with E-state index in [2.05, 4.69) is 22.4 Å². The van der Waals surface area contributed by atoms with Gasteiger partial charge in [0.2, 0.25) is 0 Å². The minimum atomic E-state index is -0.156. The number of anilines is 1. The van der Waals surface area contributed by atoms with E-state index in [1.807, 2.05) is 0 Å². The smallest absolute Gasteiger partial charge is 0.266 e. The molecule has 0 radical (unpaired) electrons. The summed E-state index contributed by atoms with van der Waals surface area (Å²) >= 11 is 0. The standard InChI is InChI=1S/C10H15N3O/c1-10(4-2-3-5-10)12-8-6-9(14)13-11-7-8/h6-7H,2-5H2,1H3,(H2,12,13,14). The Bertz CT molecular complexity index is 366. The average Bonchev–Trinajstić information content (AvgIpc) is 2.51. The molecule has 76 valence electrons. The van der Waals surface area contributed by atoms with Gasteiger partial charge in [-0.3, -0.25) is 4.79 Å². The predicted molar refractivity (Wildman–Crippen MR) is 55.4 cm³/mol. The van der Waals surface area contributed by atoms with E-state index in [-0.39, 0.29) is 11.1 Å². The Kier molecular flexibility index (Phi) is 2.27. The van der Waals surface area contributed by atoms with Gasteiger partial charge in [-0.1, -0.05) is 12.8 Å². The van der Waals surface area contributed by atoms with Gasteiger partial charge >= 0.3 is 0 Å². The van der Waals surface area contributed by atoms with E-state index >= 15 is 0 Å². The van der Waals surface area contributed by atoms with Gasteiger partial charge in [0.25, 0.3) is 5.56 Å². The highest BCUT2D eigenvalue weighted by Gasteiger charge is 2.28. The molecule has 1 aromatic rings. The third-order valence-corrected chi connectivity index (χ3v) is 2.82. The van der Waals surface area contributed by atoms with E-state index in [0.29, 0.717) is 0 Å². The van der Waals surface area contributed by atoms with Gasteiger partial charge in [-0.05, 0) is 19.8 Å². The van der Waals surface area contributed by atoms with Gasteiger partial charge in [-0.25, -0.2) is 5.10 Å². The molecule has 1 fully saturated rings. The van der Waals surface area contributed by atoms with E-state index in [1.54, 1.807) is 12.3 Å². The van der Waals surface area contributed by atoms with Crippen LogP contribution >= 0.6 is 0 Å². The number of nitrogens with zero attached hydrogens (tertiary/aromatic N) is 1. The first-order valence-electron chi connectivity index (χ1n) is 5.01. The number of rotatable bonds is 2. The molecule has 2 rings (SSSR count). The summed E-state index contributed by atoms with van der Waals surface area (Å²) in [7, 11) is 0. The molecule has 0 aromatic carbocycles. The third-order valence-electron chi connectivity index (χ3n) is 2.82. The zero-order valence-electron chi connectivity index (χ0n) is 8.34. The van der Waals surface area contributed by atoms with Crippen molar-refractivity contribution in [1.29, 1.82) is 0 Å². The van der Waals surface area contributed by atoms with Crippen LogP contribution in [-0.4, -0.2) is 15.7 Å². The van der Waals surface area contributed by atoms with Gasteiger partial charge in [-0.15, -0.1) is 0 Å². The Hall–Kier alpha value is -1.32. The van der Waals surface area contributed by atoms with Gasteiger partial charge in [0.1, 0.15) is 0 Å². The normalized spacial score (nSPS) is 19.5. The lowest BCUT2D eigenvalue weighted by Crippen LogP contribution is -2.31. The third kappa shape index (κ3) is 1.95. The molecule has 1 aliphatic rings. The highest BCUT2D eigenvalue weighted by molar-refractivity contribution is 5.41. The van der Waals surface area contributed by atoms with E-state index in [1.165, 1.54) is 25.7 Å². The maximum atomic E-state index is 11.0. The molecule has 1 saturated carbocycles. The van der Waals surface area contributed by atoms with E-state index in [4.69, 9.17) is 0 Å². The van der Waals surface area contributed by atoms with E-state index < -0.39 is 0 Å². The van der Waals surface area contributed by atoms with Gasteiger partial charge < -0.3 is 5.32 Å². The number of aromatic amines is 1. The summed E-state index contributed by atoms with van der Waals surface area (Å²) in [5.41, 5.74) is 0.810. The molecule has 0 bridgehead atoms. The quantitative estimate of drug-likeness (QED) is 0.748. The molecule has 0 unspecified atom stereocenters. The molecule has 0 aliphatic heterocycles. The van der Waals surface area contributed by atoms with Crippen molar-refractivity contribution in [2.24, 2.45) is 0 Å². The van der Waals surface area contributed by atoms with Crippen molar-refractivity contribution in [3.8, 4) is 0 Å². The minimum Gasteiger partial charge on any atom is -0.378 e. The Labute approximate surface area is 82.7 Å². The van der Waals surface area contributed by atoms with Crippen LogP contribution in [0.3, 0.4) is 0 Å². The van der Waals surface area contributed by atoms with Gasteiger partial charge in [-0.2, -0.15) is 5.10 Å². The fourth-order valence-corrected chi connectivity index (χ4v) is 2.07. The first-order chi connectivity index (χ1) is 6.68. The van der Waals surface area contributed by atoms with Crippen molar-refractivity contribution in [3.63, 3.8) is 0 Å². The number of aromatic nitrogens is 2. The molecule has 1 heterocycles. The first-order valence-corrected chi connectivity index (χ1v) is 5.01. The first kappa shape index (κ1) is 9.24. The van der Waals surface area contributed by atoms with Gasteiger partial charge in [0, 0.05) is 11.6 Å². The molecule has 4 heteroatoms. The van der Waals surface area contributed by atoms with Crippen LogP contribution in [-0.2, 0) is 0 Å². The minimum absolute atomic E-state index is 0.148. The molecule has 0 saturated heterocycles. The van der Waals surface area contributed by atoms with Crippen molar-refractivity contribution in [1.82, 2.24) is 10.2 Å². The van der Waals surface area contributed by atoms with Crippen LogP contribution in [0.15, 0.2) is 17.1 Å². The van der Waals surface area contributed by atoms with Crippen molar-refractivity contribution in [3.05, 3.63) is 22.6 Å². The fraction of sp³-hybridized carbons (Fsp3) is 0.600. The van der Waals surface area contributed by atoms with Gasteiger partial charge in [0.05, 0.1) is 11.9 Å². The van der Waals surface area contributed by atoms with Crippen LogP contribution in [0.5, 0.6) is 0 Å². The second-order valence-corrected chi connectivity index (χ2v) is 4.23. The van der Waals surface area contributed by atoms with E-state index in [9.17, 15) is 4.79 Å². The SMILES string of the molecule is CC1(Nc2cn[nH]c(=O)c2)CCCC1. The summed E-state index contributed by atoms with van der Waals surface area (Å²) in [6.07, 6.45) is 6.52. The summed E-state index contributed by atoms with van der Waals surface area (Å²) in [5, 5.41) is 9.50. The molecule has 14 heavy (non-hydrogen) atoms. The molecule has 0 amide bonds. The summed E-state index contributed by atoms with van der Waals surface area (Å²) < 4.78 is 0. The maximum absolute atomic E-state index is 11.0. The van der Waals surface area contributed by atoms with Crippen molar-refractivity contribution in [2.75, 3.05) is 5.32 Å². The zero-order valence-corrected chi connectivity index (χ0v) is 8.34. The summed E-state index contributed by atoms with van der Waals surface area (Å²) in [6, 6.07) is 1.55. The Morgan fingerprint density at radius 3 is 2.86 bits per heavy atom. The molecular formula is C10H15N3O. The largest absolute Gasteiger partial charge is 0.378 e. The van der Waals surface area contributed by atoms with Crippen molar-refractivity contribution >= 4 is 5.69 Å². The van der Waals surface area contributed by atoms with Gasteiger partial charge in [0.15, 0.2) is 0 Å². The number of hydrogen-bond donors (Lipinski definition) is 2. The van der Waals surface area contributed by atoms with E-state index in [0.717, 1.165) is 5.69 Å². The molecule has 2 N–H and O–H groups in total. The monoisotopic (exact) mass is 193 g/mol. The number of H-pyrrole nitrogens is 1. The van der Waals surface area contributed by atoms with Crippen LogP contribution in [0, 0.1) is 0 Å². The molecule has 0 atom stereocenters. The fourth-order valence-electron chi connectivity index (χ4n) is 2.07. The number of nitrogens with one attached hydrogen (secondary N) is 2. The van der Waals surface area contributed by atoms with Crippen LogP contribution in [0.25, 0.3) is 0 Å². The average molecular weight is 193 g/mol. The Morgan fingerprint density at radius 2 is 2.21 bits per heavy atom. The molecule has 4 nitrogen and oxygen atoms in total. The van der Waals surface area contributed by atoms with Crippen molar-refractivity contribution < 1.29 is 0 Å². The Morgan fingerprint density at radius 1 is 1.50 bits per heavy atom. The lowest BCUT2D eigenvalue weighted by atomic mass is 10.0. The van der Waals surface area contributed by atoms with Crippen LogP contribution in [0.4, 0.5) is 5.69 Å². The topological polar surface area (TPSA) is 57.8 Å². The highest BCUT2D eigenvalue weighted by atomic mass is 16.1. The second kappa shape index (κ2) is 3.44. The summed E-state index contributed by atoms with van der Waals surface area (Å²) in [6.45, 7) is 2.20. The summed E-state index contributed by atoms with van der Waals surface area (Å²) in [5.74, 6) is 0. The van der Waals surface area contributed by atoms with Crippen molar-refractivity contribution in [2.45, 2.75) is 38.1 Å². The van der Waals surface area contributed by atoms with Crippen LogP contribution in [0.1, 0.15) is 32.6 Å². The van der Waals surface area contributed by atoms with Crippen LogP contribution in [0.2, 0.25) is 0 Å². The Balaban J connectivity index is 2.14. The number of hydrogen-bond acceptors (Lipinski definition) is 3. The molecule has 1 aliphatic carbocycles. The predicted octanol–water partition coefficient (Wildman–Crippen LogP) is 1.51. The molecule has 1 aromatic heterocycles. The molecular weight excluding hydrogens is 178 g/mol. The molecule has 0 spiro atoms. The summed E-state index contributed by atoms with van der Waals surface area (Å²) in [4.78, 5) is 11.0. The maximum Gasteiger partial charge on any atom is 0.266 e. The second-order valence-electron chi connectivity index (χ2n) is 4.23. The van der Waals surface area contributed by atoms with Crippen LogP contribution < -0.4 is 10.9 Å². The lowest BCUT2D eigenvalue weighted by molar-refractivity contribution is 0.533.